The van der Waals surface area contributed by atoms with Crippen molar-refractivity contribution in [2.45, 2.75) is 13.8 Å². The van der Waals surface area contributed by atoms with Gasteiger partial charge in [0.25, 0.3) is 0 Å². The standard InChI is InChI=1S/C23H26N4O/c1-17-4-6-19(7-5-17)23-24-18(2)16-22(25-23)27-14-12-26(13-15-27)20-8-10-21(28-3)11-9-20/h4-11,16H,12-15H2,1-3H3. The molecule has 1 fully saturated rings. The lowest BCUT2D eigenvalue weighted by atomic mass is 10.1. The normalized spacial score (nSPS) is 14.2. The predicted octanol–water partition coefficient (Wildman–Crippen LogP) is 4.10. The maximum atomic E-state index is 5.26. The Morgan fingerprint density at radius 3 is 2.07 bits per heavy atom. The second-order valence-electron chi connectivity index (χ2n) is 7.23. The van der Waals surface area contributed by atoms with Crippen LogP contribution in [0.3, 0.4) is 0 Å². The average molecular weight is 374 g/mol. The van der Waals surface area contributed by atoms with Crippen LogP contribution < -0.4 is 14.5 Å². The summed E-state index contributed by atoms with van der Waals surface area (Å²) in [5, 5.41) is 0. The van der Waals surface area contributed by atoms with Crippen LogP contribution >= 0.6 is 0 Å². The summed E-state index contributed by atoms with van der Waals surface area (Å²) in [6, 6.07) is 18.8. The zero-order valence-electron chi connectivity index (χ0n) is 16.7. The van der Waals surface area contributed by atoms with Crippen LogP contribution in [-0.2, 0) is 0 Å². The van der Waals surface area contributed by atoms with E-state index in [1.807, 2.05) is 19.1 Å². The number of nitrogens with zero attached hydrogens (tertiary/aromatic N) is 4. The second kappa shape index (κ2) is 7.89. The van der Waals surface area contributed by atoms with Gasteiger partial charge >= 0.3 is 0 Å². The van der Waals surface area contributed by atoms with Crippen LogP contribution in [0.2, 0.25) is 0 Å². The Labute approximate surface area is 166 Å². The Morgan fingerprint density at radius 1 is 0.786 bits per heavy atom. The maximum Gasteiger partial charge on any atom is 0.161 e. The fraction of sp³-hybridized carbons (Fsp3) is 0.304. The Bertz CT molecular complexity index is 930. The summed E-state index contributed by atoms with van der Waals surface area (Å²) < 4.78 is 5.26. The Balaban J connectivity index is 1.49. The van der Waals surface area contributed by atoms with E-state index in [0.717, 1.165) is 54.8 Å². The first-order valence-electron chi connectivity index (χ1n) is 9.69. The first-order valence-corrected chi connectivity index (χ1v) is 9.69. The van der Waals surface area contributed by atoms with Crippen molar-refractivity contribution in [3.05, 3.63) is 65.9 Å². The number of rotatable bonds is 4. The molecular weight excluding hydrogens is 348 g/mol. The van der Waals surface area contributed by atoms with Gasteiger partial charge in [0, 0.05) is 49.2 Å². The number of hydrogen-bond acceptors (Lipinski definition) is 5. The van der Waals surface area contributed by atoms with E-state index < -0.39 is 0 Å². The molecule has 5 heteroatoms. The number of hydrogen-bond donors (Lipinski definition) is 0. The van der Waals surface area contributed by atoms with E-state index in [-0.39, 0.29) is 0 Å². The Morgan fingerprint density at radius 2 is 1.43 bits per heavy atom. The lowest BCUT2D eigenvalue weighted by Crippen LogP contribution is -2.46. The van der Waals surface area contributed by atoms with Crippen LogP contribution in [0.5, 0.6) is 5.75 Å². The van der Waals surface area contributed by atoms with Crippen LogP contribution in [0.1, 0.15) is 11.3 Å². The molecule has 2 aromatic carbocycles. The summed E-state index contributed by atoms with van der Waals surface area (Å²) in [6.45, 7) is 7.95. The fourth-order valence-corrected chi connectivity index (χ4v) is 3.53. The highest BCUT2D eigenvalue weighted by Gasteiger charge is 2.19. The van der Waals surface area contributed by atoms with Crippen molar-refractivity contribution in [3.63, 3.8) is 0 Å². The Kier molecular flexibility index (Phi) is 5.15. The zero-order chi connectivity index (χ0) is 19.5. The number of benzene rings is 2. The van der Waals surface area contributed by atoms with E-state index in [1.165, 1.54) is 11.3 Å². The third kappa shape index (κ3) is 3.93. The van der Waals surface area contributed by atoms with E-state index >= 15 is 0 Å². The molecule has 0 atom stereocenters. The van der Waals surface area contributed by atoms with Gasteiger partial charge < -0.3 is 14.5 Å². The van der Waals surface area contributed by atoms with Crippen molar-refractivity contribution < 1.29 is 4.74 Å². The third-order valence-corrected chi connectivity index (χ3v) is 5.19. The lowest BCUT2D eigenvalue weighted by Gasteiger charge is -2.37. The second-order valence-corrected chi connectivity index (χ2v) is 7.23. The predicted molar refractivity (Wildman–Crippen MR) is 114 cm³/mol. The largest absolute Gasteiger partial charge is 0.497 e. The highest BCUT2D eigenvalue weighted by molar-refractivity contribution is 5.59. The Hall–Kier alpha value is -3.08. The quantitative estimate of drug-likeness (QED) is 0.688. The minimum atomic E-state index is 0.799. The number of ether oxygens (including phenoxy) is 1. The van der Waals surface area contributed by atoms with E-state index in [1.54, 1.807) is 7.11 Å². The third-order valence-electron chi connectivity index (χ3n) is 5.19. The molecule has 2 heterocycles. The van der Waals surface area contributed by atoms with Crippen LogP contribution in [0.15, 0.2) is 54.6 Å². The highest BCUT2D eigenvalue weighted by Crippen LogP contribution is 2.24. The van der Waals surface area contributed by atoms with Crippen molar-refractivity contribution in [1.29, 1.82) is 0 Å². The molecule has 1 saturated heterocycles. The summed E-state index contributed by atoms with van der Waals surface area (Å²) in [5.41, 5.74) is 4.54. The highest BCUT2D eigenvalue weighted by atomic mass is 16.5. The van der Waals surface area contributed by atoms with Gasteiger partial charge in [-0.25, -0.2) is 9.97 Å². The van der Waals surface area contributed by atoms with Gasteiger partial charge in [-0.1, -0.05) is 29.8 Å². The molecule has 28 heavy (non-hydrogen) atoms. The molecule has 3 aromatic rings. The van der Waals surface area contributed by atoms with Crippen molar-refractivity contribution in [1.82, 2.24) is 9.97 Å². The first-order chi connectivity index (χ1) is 13.6. The topological polar surface area (TPSA) is 41.5 Å². The van der Waals surface area contributed by atoms with E-state index in [4.69, 9.17) is 9.72 Å². The van der Waals surface area contributed by atoms with Crippen molar-refractivity contribution in [2.24, 2.45) is 0 Å². The van der Waals surface area contributed by atoms with Gasteiger partial charge in [-0.05, 0) is 38.1 Å². The molecule has 0 radical (unpaired) electrons. The molecule has 0 aliphatic carbocycles. The summed E-state index contributed by atoms with van der Waals surface area (Å²) in [4.78, 5) is 14.3. The minimum Gasteiger partial charge on any atom is -0.497 e. The summed E-state index contributed by atoms with van der Waals surface area (Å²) in [7, 11) is 1.70. The van der Waals surface area contributed by atoms with Gasteiger partial charge in [0.15, 0.2) is 5.82 Å². The van der Waals surface area contributed by atoms with Crippen molar-refractivity contribution in [3.8, 4) is 17.1 Å². The fourth-order valence-electron chi connectivity index (χ4n) is 3.53. The SMILES string of the molecule is COc1ccc(N2CCN(c3cc(C)nc(-c4ccc(C)cc4)n3)CC2)cc1. The molecule has 0 bridgehead atoms. The van der Waals surface area contributed by atoms with Gasteiger partial charge in [-0.3, -0.25) is 0 Å². The molecule has 5 nitrogen and oxygen atoms in total. The van der Waals surface area contributed by atoms with E-state index in [2.05, 4.69) is 64.2 Å². The number of anilines is 2. The molecule has 4 rings (SSSR count). The van der Waals surface area contributed by atoms with Gasteiger partial charge in [0.05, 0.1) is 7.11 Å². The molecule has 1 aromatic heterocycles. The molecule has 0 saturated carbocycles. The van der Waals surface area contributed by atoms with Gasteiger partial charge in [0.2, 0.25) is 0 Å². The summed E-state index contributed by atoms with van der Waals surface area (Å²) in [6.07, 6.45) is 0. The molecule has 1 aliphatic heterocycles. The van der Waals surface area contributed by atoms with Crippen molar-refractivity contribution in [2.75, 3.05) is 43.1 Å². The summed E-state index contributed by atoms with van der Waals surface area (Å²) in [5.74, 6) is 2.70. The number of piperazine rings is 1. The molecule has 0 amide bonds. The van der Waals surface area contributed by atoms with Crippen LogP contribution in [-0.4, -0.2) is 43.3 Å². The van der Waals surface area contributed by atoms with Crippen LogP contribution in [0.25, 0.3) is 11.4 Å². The molecule has 0 unspecified atom stereocenters. The average Bonchev–Trinajstić information content (AvgIpc) is 2.74. The van der Waals surface area contributed by atoms with Gasteiger partial charge in [0.1, 0.15) is 11.6 Å². The van der Waals surface area contributed by atoms with E-state index in [0.29, 0.717) is 0 Å². The van der Waals surface area contributed by atoms with Gasteiger partial charge in [-0.2, -0.15) is 0 Å². The smallest absolute Gasteiger partial charge is 0.161 e. The molecule has 0 N–H and O–H groups in total. The molecule has 144 valence electrons. The van der Waals surface area contributed by atoms with Crippen molar-refractivity contribution >= 4 is 11.5 Å². The summed E-state index contributed by atoms with van der Waals surface area (Å²) >= 11 is 0. The van der Waals surface area contributed by atoms with Gasteiger partial charge in [-0.15, -0.1) is 0 Å². The first kappa shape index (κ1) is 18.3. The zero-order valence-corrected chi connectivity index (χ0v) is 16.7. The molecule has 1 aliphatic rings. The number of aryl methyl sites for hydroxylation is 2. The van der Waals surface area contributed by atoms with Crippen LogP contribution in [0, 0.1) is 13.8 Å². The monoisotopic (exact) mass is 374 g/mol. The number of aromatic nitrogens is 2. The minimum absolute atomic E-state index is 0.799. The molecule has 0 spiro atoms. The maximum absolute atomic E-state index is 5.26. The van der Waals surface area contributed by atoms with E-state index in [9.17, 15) is 0 Å². The van der Waals surface area contributed by atoms with Crippen LogP contribution in [0.4, 0.5) is 11.5 Å². The lowest BCUT2D eigenvalue weighted by molar-refractivity contribution is 0.415. The number of methoxy groups -OCH3 is 1. The molecular formula is C23H26N4O.